The predicted octanol–water partition coefficient (Wildman–Crippen LogP) is 1.91. The zero-order chi connectivity index (χ0) is 31.2. The lowest BCUT2D eigenvalue weighted by molar-refractivity contribution is -0.00835. The highest BCUT2D eigenvalue weighted by Crippen LogP contribution is 2.29. The Morgan fingerprint density at radius 1 is 1.21 bits per heavy atom. The second-order valence-corrected chi connectivity index (χ2v) is 14.8. The molecule has 15 heteroatoms. The van der Waals surface area contributed by atoms with Crippen molar-refractivity contribution < 1.29 is 36.2 Å². The highest BCUT2D eigenvalue weighted by Gasteiger charge is 2.33. The molecule has 0 fully saturated rings. The fourth-order valence-corrected chi connectivity index (χ4v) is 6.39. The molecule has 1 amide bonds. The van der Waals surface area contributed by atoms with Gasteiger partial charge in [0.1, 0.15) is 5.75 Å². The normalized spacial score (nSPS) is 22.2. The molecule has 42 heavy (non-hydrogen) atoms. The Kier molecular flexibility index (Phi) is 11.4. The third-order valence-electron chi connectivity index (χ3n) is 7.15. The van der Waals surface area contributed by atoms with Gasteiger partial charge in [0.2, 0.25) is 10.0 Å². The van der Waals surface area contributed by atoms with Gasteiger partial charge < -0.3 is 24.0 Å². The number of hydrogen-bond acceptors (Lipinski definition) is 9. The van der Waals surface area contributed by atoms with Crippen LogP contribution in [0.4, 0.5) is 5.69 Å². The summed E-state index contributed by atoms with van der Waals surface area (Å²) >= 11 is 0. The number of amides is 1. The van der Waals surface area contributed by atoms with Crippen molar-refractivity contribution in [3.63, 3.8) is 0 Å². The van der Waals surface area contributed by atoms with Gasteiger partial charge in [0.05, 0.1) is 43.0 Å². The van der Waals surface area contributed by atoms with Crippen molar-refractivity contribution in [1.29, 1.82) is 0 Å². The molecule has 1 aromatic carbocycles. The standard InChI is InChI=1S/C27H43N5O8S2/c1-19-14-32(20(2)17-33)27(34)23-13-22(29-41(6,35)36)10-11-24(23)40-21(3)9-7-8-12-39-25(19)15-31(5)42(37,38)26-16-30(4)18-28-26/h10-11,13,16,18-21,25,29,33H,7-9,12,14-15,17H2,1-6H3/t19-,20-,21+,25+/m0/s1. The van der Waals surface area contributed by atoms with E-state index in [0.29, 0.717) is 25.2 Å². The second-order valence-electron chi connectivity index (χ2n) is 11.0. The number of fused-ring (bicyclic) bond motifs is 1. The number of hydrogen-bond donors (Lipinski definition) is 2. The van der Waals surface area contributed by atoms with Gasteiger partial charge in [-0.15, -0.1) is 0 Å². The van der Waals surface area contributed by atoms with Crippen LogP contribution >= 0.6 is 0 Å². The number of nitrogens with zero attached hydrogens (tertiary/aromatic N) is 4. The maximum absolute atomic E-state index is 14.1. The van der Waals surface area contributed by atoms with Crippen molar-refractivity contribution in [2.45, 2.75) is 63.3 Å². The van der Waals surface area contributed by atoms with Crippen LogP contribution in [0.5, 0.6) is 5.75 Å². The number of likely N-dealkylation sites (N-methyl/N-ethyl adjacent to an activating group) is 1. The highest BCUT2D eigenvalue weighted by molar-refractivity contribution is 7.92. The lowest BCUT2D eigenvalue weighted by atomic mass is 10.0. The zero-order valence-electron chi connectivity index (χ0n) is 25.1. The number of carbonyl (C=O) groups excluding carboxylic acids is 1. The first-order valence-corrected chi connectivity index (χ1v) is 17.2. The number of anilines is 1. The number of carbonyl (C=O) groups is 1. The van der Waals surface area contributed by atoms with Crippen LogP contribution in [0.1, 0.15) is 50.4 Å². The average Bonchev–Trinajstić information content (AvgIpc) is 3.36. The SMILES string of the molecule is C[C@@H]1CCCCO[C@H](CN(C)S(=O)(=O)c2cn(C)cn2)[C@@H](C)CN([C@@H](C)CO)C(=O)c2cc(NS(C)(=O)=O)ccc2O1. The molecule has 1 aliphatic heterocycles. The molecule has 236 valence electrons. The average molecular weight is 630 g/mol. The molecule has 0 saturated heterocycles. The molecule has 1 aliphatic rings. The van der Waals surface area contributed by atoms with E-state index in [4.69, 9.17) is 9.47 Å². The molecule has 0 saturated carbocycles. The molecule has 0 spiro atoms. The molecule has 3 rings (SSSR count). The van der Waals surface area contributed by atoms with Gasteiger partial charge in [-0.25, -0.2) is 21.8 Å². The number of nitrogens with one attached hydrogen (secondary N) is 1. The van der Waals surface area contributed by atoms with Crippen LogP contribution in [0.3, 0.4) is 0 Å². The Morgan fingerprint density at radius 3 is 2.55 bits per heavy atom. The molecule has 2 heterocycles. The quantitative estimate of drug-likeness (QED) is 0.445. The van der Waals surface area contributed by atoms with Crippen LogP contribution < -0.4 is 9.46 Å². The number of aliphatic hydroxyl groups excluding tert-OH is 1. The van der Waals surface area contributed by atoms with E-state index >= 15 is 0 Å². The van der Waals surface area contributed by atoms with Crippen molar-refractivity contribution in [3.05, 3.63) is 36.3 Å². The molecule has 13 nitrogen and oxygen atoms in total. The van der Waals surface area contributed by atoms with Gasteiger partial charge in [0, 0.05) is 51.6 Å². The predicted molar refractivity (Wildman–Crippen MR) is 158 cm³/mol. The highest BCUT2D eigenvalue weighted by atomic mass is 32.2. The Bertz CT molecular complexity index is 1430. The number of aliphatic hydroxyl groups is 1. The molecule has 2 N–H and O–H groups in total. The molecule has 2 aromatic rings. The van der Waals surface area contributed by atoms with E-state index < -0.39 is 38.1 Å². The maximum atomic E-state index is 14.1. The Morgan fingerprint density at radius 2 is 1.93 bits per heavy atom. The number of ether oxygens (including phenoxy) is 2. The summed E-state index contributed by atoms with van der Waals surface area (Å²) in [6, 6.07) is 3.92. The molecule has 0 radical (unpaired) electrons. The minimum atomic E-state index is -3.89. The van der Waals surface area contributed by atoms with Gasteiger partial charge in [-0.05, 0) is 51.3 Å². The molecule has 0 unspecified atom stereocenters. The summed E-state index contributed by atoms with van der Waals surface area (Å²) in [4.78, 5) is 19.5. The van der Waals surface area contributed by atoms with Crippen molar-refractivity contribution in [2.75, 3.05) is 44.3 Å². The Labute approximate surface area is 248 Å². The molecule has 1 aromatic heterocycles. The lowest BCUT2D eigenvalue weighted by Gasteiger charge is -2.35. The summed E-state index contributed by atoms with van der Waals surface area (Å²) in [5, 5.41) is 9.99. The van der Waals surface area contributed by atoms with Gasteiger partial charge in [-0.3, -0.25) is 9.52 Å². The summed E-state index contributed by atoms with van der Waals surface area (Å²) in [7, 11) is -4.34. The minimum absolute atomic E-state index is 0.0220. The van der Waals surface area contributed by atoms with Crippen molar-refractivity contribution >= 4 is 31.6 Å². The van der Waals surface area contributed by atoms with Gasteiger partial charge in [0.15, 0.2) is 5.03 Å². The number of imidazole rings is 1. The molecule has 0 aliphatic carbocycles. The van der Waals surface area contributed by atoms with E-state index in [1.54, 1.807) is 24.6 Å². The third kappa shape index (κ3) is 8.89. The van der Waals surface area contributed by atoms with E-state index in [1.807, 2.05) is 13.8 Å². The molecular formula is C27H43N5O8S2. The summed E-state index contributed by atoms with van der Waals surface area (Å²) in [5.74, 6) is -0.513. The Hall–Kier alpha value is -2.72. The number of aromatic nitrogens is 2. The monoisotopic (exact) mass is 629 g/mol. The largest absolute Gasteiger partial charge is 0.490 e. The van der Waals surface area contributed by atoms with Crippen LogP contribution in [0.25, 0.3) is 0 Å². The summed E-state index contributed by atoms with van der Waals surface area (Å²) in [6.07, 6.45) is 5.20. The lowest BCUT2D eigenvalue weighted by Crippen LogP contribution is -2.48. The van der Waals surface area contributed by atoms with Crippen LogP contribution in [0, 0.1) is 5.92 Å². The van der Waals surface area contributed by atoms with E-state index in [0.717, 1.165) is 12.7 Å². The van der Waals surface area contributed by atoms with Gasteiger partial charge in [0.25, 0.3) is 15.9 Å². The maximum Gasteiger partial charge on any atom is 0.261 e. The molecular weight excluding hydrogens is 586 g/mol. The fraction of sp³-hybridized carbons (Fsp3) is 0.630. The van der Waals surface area contributed by atoms with E-state index in [1.165, 1.54) is 40.9 Å². The van der Waals surface area contributed by atoms with E-state index in [-0.39, 0.29) is 48.0 Å². The summed E-state index contributed by atoms with van der Waals surface area (Å²) in [5.41, 5.74) is 0.349. The first kappa shape index (κ1) is 33.8. The Balaban J connectivity index is 1.98. The number of sulfonamides is 2. The summed E-state index contributed by atoms with van der Waals surface area (Å²) in [6.45, 7) is 5.66. The zero-order valence-corrected chi connectivity index (χ0v) is 26.7. The second kappa shape index (κ2) is 14.2. The van der Waals surface area contributed by atoms with E-state index in [9.17, 15) is 26.7 Å². The number of rotatable bonds is 8. The molecule has 4 atom stereocenters. The van der Waals surface area contributed by atoms with Gasteiger partial charge in [-0.2, -0.15) is 4.31 Å². The van der Waals surface area contributed by atoms with Crippen molar-refractivity contribution in [2.24, 2.45) is 13.0 Å². The third-order valence-corrected chi connectivity index (χ3v) is 9.46. The smallest absolute Gasteiger partial charge is 0.261 e. The number of benzene rings is 1. The van der Waals surface area contributed by atoms with Crippen molar-refractivity contribution in [1.82, 2.24) is 18.8 Å². The van der Waals surface area contributed by atoms with Crippen LogP contribution in [0.2, 0.25) is 0 Å². The van der Waals surface area contributed by atoms with Gasteiger partial charge in [-0.1, -0.05) is 6.92 Å². The van der Waals surface area contributed by atoms with Crippen LogP contribution in [-0.2, 0) is 31.8 Å². The topological polar surface area (TPSA) is 160 Å². The first-order valence-electron chi connectivity index (χ1n) is 13.9. The van der Waals surface area contributed by atoms with Crippen molar-refractivity contribution in [3.8, 4) is 5.75 Å². The van der Waals surface area contributed by atoms with E-state index in [2.05, 4.69) is 9.71 Å². The first-order chi connectivity index (χ1) is 19.6. The number of aryl methyl sites for hydroxylation is 1. The fourth-order valence-electron chi connectivity index (χ4n) is 4.70. The van der Waals surface area contributed by atoms with Crippen LogP contribution in [-0.4, -0.2) is 104 Å². The van der Waals surface area contributed by atoms with Crippen LogP contribution in [0.15, 0.2) is 35.7 Å². The molecule has 0 bridgehead atoms. The van der Waals surface area contributed by atoms with Gasteiger partial charge >= 0.3 is 0 Å². The summed E-state index contributed by atoms with van der Waals surface area (Å²) < 4.78 is 67.7. The minimum Gasteiger partial charge on any atom is -0.490 e.